The number of benzene rings is 3. The second-order valence-corrected chi connectivity index (χ2v) is 12.7. The van der Waals surface area contributed by atoms with E-state index in [0.717, 1.165) is 19.3 Å². The van der Waals surface area contributed by atoms with Crippen LogP contribution in [0, 0.1) is 5.41 Å². The molecule has 1 nitrogen and oxygen atoms in total. The Morgan fingerprint density at radius 3 is 1.73 bits per heavy atom. The SMILES string of the molecule is Br[C@]12CC[C@@]3(C1)[C@]1(c4ccccc4)O[C@](c4ccccc4)(c4ccccc41)[C@]3(Br)C2. The van der Waals surface area contributed by atoms with Crippen LogP contribution in [-0.2, 0) is 15.9 Å². The van der Waals surface area contributed by atoms with Gasteiger partial charge >= 0.3 is 0 Å². The van der Waals surface area contributed by atoms with Crippen molar-refractivity contribution in [2.24, 2.45) is 5.41 Å². The maximum atomic E-state index is 7.56. The molecule has 1 spiro atoms. The molecule has 150 valence electrons. The molecule has 0 N–H and O–H groups in total. The first-order chi connectivity index (χ1) is 14.5. The first-order valence-electron chi connectivity index (χ1n) is 10.8. The molecular weight excluding hydrogens is 500 g/mol. The zero-order valence-corrected chi connectivity index (χ0v) is 19.7. The molecule has 2 aliphatic carbocycles. The Hall–Kier alpha value is -1.42. The van der Waals surface area contributed by atoms with E-state index in [-0.39, 0.29) is 14.1 Å². The van der Waals surface area contributed by atoms with E-state index in [4.69, 9.17) is 4.74 Å². The largest absolute Gasteiger partial charge is 0.347 e. The molecule has 0 amide bonds. The summed E-state index contributed by atoms with van der Waals surface area (Å²) in [4.78, 5) is 0. The maximum absolute atomic E-state index is 7.56. The van der Waals surface area contributed by atoms with Gasteiger partial charge in [-0.3, -0.25) is 0 Å². The average molecular weight is 522 g/mol. The minimum Gasteiger partial charge on any atom is -0.347 e. The number of fused-ring (bicyclic) bond motifs is 7. The Morgan fingerprint density at radius 1 is 0.600 bits per heavy atom. The molecule has 3 aromatic rings. The molecule has 30 heavy (non-hydrogen) atoms. The molecule has 0 aromatic heterocycles. The van der Waals surface area contributed by atoms with Crippen molar-refractivity contribution in [3.8, 4) is 0 Å². The monoisotopic (exact) mass is 520 g/mol. The second-order valence-electron chi connectivity index (χ2n) is 9.63. The van der Waals surface area contributed by atoms with Crippen molar-refractivity contribution in [2.45, 2.75) is 45.5 Å². The summed E-state index contributed by atoms with van der Waals surface area (Å²) in [5, 5.41) is 0. The number of halogens is 2. The summed E-state index contributed by atoms with van der Waals surface area (Å²) in [6.45, 7) is 0. The van der Waals surface area contributed by atoms with E-state index in [1.54, 1.807) is 0 Å². The van der Waals surface area contributed by atoms with Crippen molar-refractivity contribution in [1.82, 2.24) is 0 Å². The molecule has 3 heteroatoms. The van der Waals surface area contributed by atoms with E-state index in [1.165, 1.54) is 28.7 Å². The third kappa shape index (κ3) is 1.69. The fourth-order valence-electron chi connectivity index (χ4n) is 7.66. The Labute approximate surface area is 194 Å². The van der Waals surface area contributed by atoms with Crippen LogP contribution >= 0.6 is 31.9 Å². The van der Waals surface area contributed by atoms with Gasteiger partial charge in [-0.1, -0.05) is 117 Å². The Kier molecular flexibility index (Phi) is 3.33. The average Bonchev–Trinajstić information content (AvgIpc) is 3.43. The van der Waals surface area contributed by atoms with Crippen LogP contribution in [0.25, 0.3) is 0 Å². The zero-order valence-electron chi connectivity index (χ0n) is 16.6. The van der Waals surface area contributed by atoms with Crippen molar-refractivity contribution in [1.29, 1.82) is 0 Å². The van der Waals surface area contributed by atoms with Gasteiger partial charge in [-0.25, -0.2) is 0 Å². The van der Waals surface area contributed by atoms with Crippen molar-refractivity contribution < 1.29 is 4.74 Å². The molecule has 3 fully saturated rings. The van der Waals surface area contributed by atoms with E-state index < -0.39 is 11.2 Å². The lowest BCUT2D eigenvalue weighted by Gasteiger charge is -2.52. The van der Waals surface area contributed by atoms with Gasteiger partial charge in [0.2, 0.25) is 0 Å². The van der Waals surface area contributed by atoms with E-state index in [2.05, 4.69) is 117 Å². The summed E-state index contributed by atoms with van der Waals surface area (Å²) in [6, 6.07) is 30.9. The molecule has 4 aliphatic rings. The van der Waals surface area contributed by atoms with Gasteiger partial charge < -0.3 is 4.74 Å². The molecule has 5 atom stereocenters. The van der Waals surface area contributed by atoms with E-state index in [0.29, 0.717) is 0 Å². The van der Waals surface area contributed by atoms with Crippen LogP contribution in [0.5, 0.6) is 0 Å². The first-order valence-corrected chi connectivity index (χ1v) is 12.4. The molecule has 2 aliphatic heterocycles. The van der Waals surface area contributed by atoms with E-state index in [9.17, 15) is 0 Å². The van der Waals surface area contributed by atoms with Gasteiger partial charge in [0.05, 0.1) is 4.32 Å². The minimum atomic E-state index is -0.503. The van der Waals surface area contributed by atoms with Crippen molar-refractivity contribution in [3.63, 3.8) is 0 Å². The van der Waals surface area contributed by atoms with Gasteiger partial charge in [0, 0.05) is 9.74 Å². The van der Waals surface area contributed by atoms with Crippen LogP contribution in [0.2, 0.25) is 0 Å². The molecule has 1 saturated heterocycles. The fraction of sp³-hybridized carbons (Fsp3) is 0.333. The molecule has 7 rings (SSSR count). The molecule has 3 aromatic carbocycles. The highest BCUT2D eigenvalue weighted by Gasteiger charge is 2.89. The Morgan fingerprint density at radius 2 is 1.13 bits per heavy atom. The van der Waals surface area contributed by atoms with Gasteiger partial charge in [-0.05, 0) is 47.9 Å². The van der Waals surface area contributed by atoms with Gasteiger partial charge in [-0.2, -0.15) is 0 Å². The third-order valence-corrected chi connectivity index (χ3v) is 11.1. The number of ether oxygens (including phenoxy) is 1. The lowest BCUT2D eigenvalue weighted by Crippen LogP contribution is -2.57. The fourth-order valence-corrected chi connectivity index (χ4v) is 10.8. The molecule has 2 saturated carbocycles. The van der Waals surface area contributed by atoms with Crippen molar-refractivity contribution in [3.05, 3.63) is 107 Å². The second kappa shape index (κ2) is 5.49. The van der Waals surface area contributed by atoms with Gasteiger partial charge in [0.1, 0.15) is 11.2 Å². The topological polar surface area (TPSA) is 9.23 Å². The smallest absolute Gasteiger partial charge is 0.136 e. The van der Waals surface area contributed by atoms with Crippen molar-refractivity contribution >= 4 is 31.9 Å². The summed E-state index contributed by atoms with van der Waals surface area (Å²) in [5.74, 6) is 0. The lowest BCUT2D eigenvalue weighted by molar-refractivity contribution is -0.0738. The predicted octanol–water partition coefficient (Wildman–Crippen LogP) is 7.06. The Balaban J connectivity index is 1.66. The van der Waals surface area contributed by atoms with Crippen LogP contribution in [0.4, 0.5) is 0 Å². The van der Waals surface area contributed by atoms with Crippen LogP contribution in [0.1, 0.15) is 47.9 Å². The van der Waals surface area contributed by atoms with Crippen LogP contribution in [-0.4, -0.2) is 8.65 Å². The summed E-state index contributed by atoms with van der Waals surface area (Å²) < 4.78 is 7.56. The lowest BCUT2D eigenvalue weighted by atomic mass is 9.52. The number of hydrogen-bond donors (Lipinski definition) is 0. The Bertz CT molecular complexity index is 1180. The predicted molar refractivity (Wildman–Crippen MR) is 126 cm³/mol. The van der Waals surface area contributed by atoms with Gasteiger partial charge in [-0.15, -0.1) is 0 Å². The summed E-state index contributed by atoms with van der Waals surface area (Å²) in [6.07, 6.45) is 4.55. The normalized spacial score (nSPS) is 42.3. The summed E-state index contributed by atoms with van der Waals surface area (Å²) >= 11 is 8.66. The minimum absolute atomic E-state index is 0.00491. The van der Waals surface area contributed by atoms with E-state index >= 15 is 0 Å². The van der Waals surface area contributed by atoms with Crippen LogP contribution < -0.4 is 0 Å². The zero-order chi connectivity index (χ0) is 20.2. The third-order valence-electron chi connectivity index (χ3n) is 8.52. The standard InChI is InChI=1S/C27H22Br2O/c28-23-15-16-24(17-23)25(29,18-23)27(20-11-5-2-6-12-20)22-14-8-7-13-21(22)26(24,30-27)19-9-3-1-4-10-19/h1-14H,15-18H2/t23-,24+,25+,26-,27-/m1/s1. The highest BCUT2D eigenvalue weighted by molar-refractivity contribution is 9.10. The summed E-state index contributed by atoms with van der Waals surface area (Å²) in [7, 11) is 0. The number of alkyl halides is 2. The molecule has 4 bridgehead atoms. The maximum Gasteiger partial charge on any atom is 0.136 e. The highest BCUT2D eigenvalue weighted by Crippen LogP contribution is 2.87. The van der Waals surface area contributed by atoms with Gasteiger partial charge in [0.15, 0.2) is 0 Å². The summed E-state index contributed by atoms with van der Waals surface area (Å²) in [5.41, 5.74) is 4.27. The molecule has 2 heterocycles. The first kappa shape index (κ1) is 18.2. The van der Waals surface area contributed by atoms with Crippen LogP contribution in [0.3, 0.4) is 0 Å². The molecule has 0 radical (unpaired) electrons. The van der Waals surface area contributed by atoms with Gasteiger partial charge in [0.25, 0.3) is 0 Å². The van der Waals surface area contributed by atoms with Crippen LogP contribution in [0.15, 0.2) is 84.9 Å². The molecular formula is C27H22Br2O. The number of hydrogen-bond acceptors (Lipinski definition) is 1. The molecule has 0 unspecified atom stereocenters. The number of rotatable bonds is 2. The highest BCUT2D eigenvalue weighted by atomic mass is 79.9. The quantitative estimate of drug-likeness (QED) is 0.328. The van der Waals surface area contributed by atoms with E-state index in [1.807, 2.05) is 0 Å². The van der Waals surface area contributed by atoms with Crippen molar-refractivity contribution in [2.75, 3.05) is 0 Å².